The van der Waals surface area contributed by atoms with Gasteiger partial charge in [0, 0.05) is 23.7 Å². The molecule has 1 atom stereocenters. The van der Waals surface area contributed by atoms with Gasteiger partial charge >= 0.3 is 0 Å². The summed E-state index contributed by atoms with van der Waals surface area (Å²) in [5, 5.41) is 17.0. The Morgan fingerprint density at radius 1 is 1.35 bits per heavy atom. The van der Waals surface area contributed by atoms with Crippen LogP contribution >= 0.6 is 34.7 Å². The highest BCUT2D eigenvalue weighted by Crippen LogP contribution is 2.29. The molecule has 0 bridgehead atoms. The van der Waals surface area contributed by atoms with Crippen molar-refractivity contribution >= 4 is 39.8 Å². The maximum atomic E-state index is 5.99. The van der Waals surface area contributed by atoms with Gasteiger partial charge in [0.05, 0.1) is 11.9 Å². The van der Waals surface area contributed by atoms with E-state index >= 15 is 0 Å². The first-order valence-electron chi connectivity index (χ1n) is 8.16. The van der Waals surface area contributed by atoms with Gasteiger partial charge in [0.1, 0.15) is 0 Å². The first-order valence-corrected chi connectivity index (χ1v) is 10.3. The van der Waals surface area contributed by atoms with Crippen molar-refractivity contribution in [2.24, 2.45) is 0 Å². The third kappa shape index (κ3) is 4.53. The Hall–Kier alpha value is -1.68. The summed E-state index contributed by atoms with van der Waals surface area (Å²) in [6, 6.07) is 7.36. The number of rotatable bonds is 7. The highest BCUT2D eigenvalue weighted by Gasteiger charge is 2.16. The molecule has 0 spiro atoms. The fourth-order valence-corrected chi connectivity index (χ4v) is 4.31. The van der Waals surface area contributed by atoms with E-state index in [1.54, 1.807) is 6.07 Å². The van der Waals surface area contributed by atoms with E-state index in [1.807, 2.05) is 18.2 Å². The molecule has 4 rings (SSSR count). The molecule has 0 saturated carbocycles. The van der Waals surface area contributed by atoms with E-state index in [9.17, 15) is 0 Å². The molecule has 0 radical (unpaired) electrons. The molecule has 0 amide bonds. The maximum absolute atomic E-state index is 5.99. The zero-order chi connectivity index (χ0) is 17.8. The summed E-state index contributed by atoms with van der Waals surface area (Å²) < 4.78 is 11.7. The van der Waals surface area contributed by atoms with Gasteiger partial charge in [-0.05, 0) is 25.0 Å². The number of nitrogens with zero attached hydrogens (tertiary/aromatic N) is 4. The number of hydrogen-bond donors (Lipinski definition) is 1. The van der Waals surface area contributed by atoms with E-state index in [-0.39, 0.29) is 6.10 Å². The van der Waals surface area contributed by atoms with Gasteiger partial charge in [0.25, 0.3) is 0 Å². The van der Waals surface area contributed by atoms with Gasteiger partial charge in [-0.15, -0.1) is 10.2 Å². The normalized spacial score (nSPS) is 16.9. The maximum Gasteiger partial charge on any atom is 0.237 e. The smallest absolute Gasteiger partial charge is 0.237 e. The summed E-state index contributed by atoms with van der Waals surface area (Å²) in [5.41, 5.74) is 0.828. The predicted molar refractivity (Wildman–Crippen MR) is 102 cm³/mol. The van der Waals surface area contributed by atoms with Gasteiger partial charge in [-0.1, -0.05) is 52.0 Å². The highest BCUT2D eigenvalue weighted by atomic mass is 35.5. The Morgan fingerprint density at radius 2 is 2.31 bits per heavy atom. The fraction of sp³-hybridized carbons (Fsp3) is 0.375. The molecule has 1 aliphatic heterocycles. The molecule has 26 heavy (non-hydrogen) atoms. The molecule has 136 valence electrons. The van der Waals surface area contributed by atoms with Crippen LogP contribution in [-0.4, -0.2) is 39.6 Å². The molecule has 1 fully saturated rings. The van der Waals surface area contributed by atoms with Crippen molar-refractivity contribution in [2.75, 3.05) is 18.5 Å². The summed E-state index contributed by atoms with van der Waals surface area (Å²) in [6.45, 7) is 1.62. The molecule has 3 aromatic rings. The molecule has 2 aromatic heterocycles. The second kappa shape index (κ2) is 8.34. The second-order valence-corrected chi connectivity index (χ2v) is 8.34. The quantitative estimate of drug-likeness (QED) is 0.583. The second-order valence-electron chi connectivity index (χ2n) is 5.70. The van der Waals surface area contributed by atoms with E-state index in [2.05, 4.69) is 25.7 Å². The molecular formula is C16H16ClN5O2S2. The van der Waals surface area contributed by atoms with Crippen LogP contribution in [0.15, 0.2) is 33.1 Å². The van der Waals surface area contributed by atoms with Crippen LogP contribution < -0.4 is 5.32 Å². The van der Waals surface area contributed by atoms with Crippen LogP contribution in [0.25, 0.3) is 11.4 Å². The Bertz CT molecular complexity index is 866. The molecular weight excluding hydrogens is 394 g/mol. The van der Waals surface area contributed by atoms with Gasteiger partial charge in [-0.25, -0.2) is 0 Å². The Labute approximate surface area is 163 Å². The summed E-state index contributed by atoms with van der Waals surface area (Å²) in [4.78, 5) is 4.40. The Kier molecular flexibility index (Phi) is 5.68. The van der Waals surface area contributed by atoms with Crippen LogP contribution in [-0.2, 0) is 10.5 Å². The van der Waals surface area contributed by atoms with Crippen molar-refractivity contribution in [2.45, 2.75) is 29.0 Å². The highest BCUT2D eigenvalue weighted by molar-refractivity contribution is 8.00. The van der Waals surface area contributed by atoms with Crippen LogP contribution in [0.3, 0.4) is 0 Å². The SMILES string of the molecule is Clc1cccc(-c2noc(CSc3nnc(NCC4CCCO4)s3)n2)c1. The van der Waals surface area contributed by atoms with Gasteiger partial charge in [-0.2, -0.15) is 4.98 Å². The Morgan fingerprint density at radius 3 is 3.15 bits per heavy atom. The van der Waals surface area contributed by atoms with Crippen molar-refractivity contribution < 1.29 is 9.26 Å². The number of hydrogen-bond acceptors (Lipinski definition) is 9. The average molecular weight is 410 g/mol. The van der Waals surface area contributed by atoms with Crippen molar-refractivity contribution in [1.29, 1.82) is 0 Å². The van der Waals surface area contributed by atoms with E-state index in [0.717, 1.165) is 41.0 Å². The van der Waals surface area contributed by atoms with E-state index in [4.69, 9.17) is 20.9 Å². The topological polar surface area (TPSA) is 86.0 Å². The molecule has 10 heteroatoms. The van der Waals surface area contributed by atoms with Crippen LogP contribution in [0, 0.1) is 0 Å². The molecule has 1 N–H and O–H groups in total. The lowest BCUT2D eigenvalue weighted by Crippen LogP contribution is -2.18. The summed E-state index contributed by atoms with van der Waals surface area (Å²) in [5.74, 6) is 1.60. The average Bonchev–Trinajstić information content (AvgIpc) is 3.39. The minimum absolute atomic E-state index is 0.276. The zero-order valence-electron chi connectivity index (χ0n) is 13.7. The largest absolute Gasteiger partial charge is 0.376 e. The minimum atomic E-state index is 0.276. The summed E-state index contributed by atoms with van der Waals surface area (Å²) >= 11 is 9.02. The van der Waals surface area contributed by atoms with Crippen LogP contribution in [0.1, 0.15) is 18.7 Å². The monoisotopic (exact) mass is 409 g/mol. The fourth-order valence-electron chi connectivity index (χ4n) is 2.53. The Balaban J connectivity index is 1.30. The third-order valence-electron chi connectivity index (χ3n) is 3.78. The number of anilines is 1. The first kappa shape index (κ1) is 17.7. The van der Waals surface area contributed by atoms with Crippen molar-refractivity contribution in [3.8, 4) is 11.4 Å². The molecule has 1 unspecified atom stereocenters. The molecule has 1 aliphatic rings. The minimum Gasteiger partial charge on any atom is -0.376 e. The lowest BCUT2D eigenvalue weighted by Gasteiger charge is -2.08. The number of aromatic nitrogens is 4. The standard InChI is InChI=1S/C16H16ClN5O2S2/c17-11-4-1-3-10(7-11)14-19-13(24-22-14)9-25-16-21-20-15(26-16)18-8-12-5-2-6-23-12/h1,3-4,7,12H,2,5-6,8-9H2,(H,18,20). The van der Waals surface area contributed by atoms with E-state index < -0.39 is 0 Å². The van der Waals surface area contributed by atoms with Crippen molar-refractivity contribution in [1.82, 2.24) is 20.3 Å². The molecule has 0 aliphatic carbocycles. The zero-order valence-corrected chi connectivity index (χ0v) is 16.1. The van der Waals surface area contributed by atoms with Crippen LogP contribution in [0.2, 0.25) is 5.02 Å². The number of halogens is 1. The van der Waals surface area contributed by atoms with Gasteiger partial charge in [-0.3, -0.25) is 0 Å². The number of nitrogens with one attached hydrogen (secondary N) is 1. The number of thioether (sulfide) groups is 1. The summed E-state index contributed by atoms with van der Waals surface area (Å²) in [7, 11) is 0. The van der Waals surface area contributed by atoms with Crippen LogP contribution in [0.4, 0.5) is 5.13 Å². The number of benzene rings is 1. The van der Waals surface area contributed by atoms with Gasteiger partial charge in [0.2, 0.25) is 16.8 Å². The predicted octanol–water partition coefficient (Wildman–Crippen LogP) is 4.12. The van der Waals surface area contributed by atoms with E-state index in [0.29, 0.717) is 22.5 Å². The van der Waals surface area contributed by atoms with Gasteiger partial charge in [0.15, 0.2) is 4.34 Å². The number of ether oxygens (including phenoxy) is 1. The molecule has 1 saturated heterocycles. The van der Waals surface area contributed by atoms with E-state index in [1.165, 1.54) is 23.1 Å². The van der Waals surface area contributed by atoms with Crippen molar-refractivity contribution in [3.05, 3.63) is 35.2 Å². The summed E-state index contributed by atoms with van der Waals surface area (Å²) in [6.07, 6.45) is 2.50. The first-order chi connectivity index (χ1) is 12.8. The lowest BCUT2D eigenvalue weighted by molar-refractivity contribution is 0.120. The molecule has 3 heterocycles. The lowest BCUT2D eigenvalue weighted by atomic mass is 10.2. The van der Waals surface area contributed by atoms with Crippen LogP contribution in [0.5, 0.6) is 0 Å². The molecule has 1 aromatic carbocycles. The van der Waals surface area contributed by atoms with Gasteiger partial charge < -0.3 is 14.6 Å². The third-order valence-corrected chi connectivity index (χ3v) is 6.02. The van der Waals surface area contributed by atoms with Crippen molar-refractivity contribution in [3.63, 3.8) is 0 Å². The molecule has 7 nitrogen and oxygen atoms in total.